The minimum Gasteiger partial charge on any atom is -0.487 e. The van der Waals surface area contributed by atoms with Crippen molar-refractivity contribution in [3.63, 3.8) is 0 Å². The summed E-state index contributed by atoms with van der Waals surface area (Å²) in [4.78, 5) is 4.43. The van der Waals surface area contributed by atoms with Gasteiger partial charge in [-0.15, -0.1) is 0 Å². The standard InChI is InChI=1S/C15H10ClN3O/c16-12-3-6-15-18-13(9-19(15)8-12)10-20-14-4-1-11(7-17)2-5-14/h1-6,8-9H,10H2. The molecular formula is C15H10ClN3O. The first-order valence-electron chi connectivity index (χ1n) is 6.01. The third-order valence-electron chi connectivity index (χ3n) is 2.83. The highest BCUT2D eigenvalue weighted by atomic mass is 35.5. The number of imidazole rings is 1. The zero-order valence-electron chi connectivity index (χ0n) is 10.5. The molecule has 1 aromatic carbocycles. The van der Waals surface area contributed by atoms with E-state index < -0.39 is 0 Å². The van der Waals surface area contributed by atoms with Gasteiger partial charge in [0.1, 0.15) is 18.0 Å². The fourth-order valence-corrected chi connectivity index (χ4v) is 2.04. The van der Waals surface area contributed by atoms with Gasteiger partial charge in [0, 0.05) is 12.4 Å². The second kappa shape index (κ2) is 5.24. The number of ether oxygens (including phenoxy) is 1. The maximum absolute atomic E-state index is 8.73. The van der Waals surface area contributed by atoms with E-state index in [0.29, 0.717) is 22.9 Å². The van der Waals surface area contributed by atoms with Crippen LogP contribution in [0.5, 0.6) is 5.75 Å². The molecule has 0 unspecified atom stereocenters. The van der Waals surface area contributed by atoms with Crippen LogP contribution in [0.25, 0.3) is 5.65 Å². The van der Waals surface area contributed by atoms with Crippen LogP contribution in [0, 0.1) is 11.3 Å². The molecule has 2 heterocycles. The van der Waals surface area contributed by atoms with Crippen LogP contribution in [0.15, 0.2) is 48.8 Å². The molecule has 3 rings (SSSR count). The maximum atomic E-state index is 8.73. The predicted molar refractivity (Wildman–Crippen MR) is 75.7 cm³/mol. The first kappa shape index (κ1) is 12.5. The summed E-state index contributed by atoms with van der Waals surface area (Å²) < 4.78 is 7.49. The van der Waals surface area contributed by atoms with E-state index in [1.54, 1.807) is 36.5 Å². The Bertz CT molecular complexity index is 787. The molecule has 0 N–H and O–H groups in total. The van der Waals surface area contributed by atoms with Gasteiger partial charge in [0.05, 0.1) is 22.3 Å². The number of pyridine rings is 1. The van der Waals surface area contributed by atoms with Crippen LogP contribution in [0.4, 0.5) is 0 Å². The van der Waals surface area contributed by atoms with E-state index in [9.17, 15) is 0 Å². The van der Waals surface area contributed by atoms with Crippen LogP contribution < -0.4 is 4.74 Å². The molecule has 0 spiro atoms. The van der Waals surface area contributed by atoms with E-state index in [2.05, 4.69) is 11.1 Å². The number of hydrogen-bond acceptors (Lipinski definition) is 3. The maximum Gasteiger partial charge on any atom is 0.137 e. The Morgan fingerprint density at radius 3 is 2.70 bits per heavy atom. The Labute approximate surface area is 120 Å². The zero-order valence-corrected chi connectivity index (χ0v) is 11.2. The molecule has 20 heavy (non-hydrogen) atoms. The first-order chi connectivity index (χ1) is 9.74. The molecule has 4 nitrogen and oxygen atoms in total. The second-order valence-electron chi connectivity index (χ2n) is 4.27. The number of hydrogen-bond donors (Lipinski definition) is 0. The van der Waals surface area contributed by atoms with Crippen molar-refractivity contribution in [3.8, 4) is 11.8 Å². The number of fused-ring (bicyclic) bond motifs is 1. The lowest BCUT2D eigenvalue weighted by atomic mass is 10.2. The second-order valence-corrected chi connectivity index (χ2v) is 4.71. The number of rotatable bonds is 3. The van der Waals surface area contributed by atoms with Gasteiger partial charge >= 0.3 is 0 Å². The number of benzene rings is 1. The Morgan fingerprint density at radius 2 is 1.95 bits per heavy atom. The summed E-state index contributed by atoms with van der Waals surface area (Å²) in [6.45, 7) is 0.366. The van der Waals surface area contributed by atoms with Gasteiger partial charge in [0.15, 0.2) is 0 Å². The van der Waals surface area contributed by atoms with Gasteiger partial charge in [0.2, 0.25) is 0 Å². The van der Waals surface area contributed by atoms with Gasteiger partial charge in [-0.1, -0.05) is 11.6 Å². The average Bonchev–Trinajstić information content (AvgIpc) is 2.87. The summed E-state index contributed by atoms with van der Waals surface area (Å²) in [5, 5.41) is 9.39. The van der Waals surface area contributed by atoms with Gasteiger partial charge in [-0.05, 0) is 36.4 Å². The van der Waals surface area contributed by atoms with Crippen molar-refractivity contribution in [1.29, 1.82) is 5.26 Å². The number of halogens is 1. The smallest absolute Gasteiger partial charge is 0.137 e. The molecule has 0 fully saturated rings. The molecule has 0 atom stereocenters. The Balaban J connectivity index is 1.74. The molecule has 0 amide bonds. The summed E-state index contributed by atoms with van der Waals surface area (Å²) >= 11 is 5.92. The molecule has 98 valence electrons. The molecule has 2 aromatic heterocycles. The van der Waals surface area contributed by atoms with Gasteiger partial charge in [0.25, 0.3) is 0 Å². The van der Waals surface area contributed by atoms with E-state index in [-0.39, 0.29) is 0 Å². The monoisotopic (exact) mass is 283 g/mol. The molecule has 5 heteroatoms. The Morgan fingerprint density at radius 1 is 1.15 bits per heavy atom. The highest BCUT2D eigenvalue weighted by molar-refractivity contribution is 6.30. The van der Waals surface area contributed by atoms with Crippen molar-refractivity contribution in [2.45, 2.75) is 6.61 Å². The largest absolute Gasteiger partial charge is 0.487 e. The number of aromatic nitrogens is 2. The lowest BCUT2D eigenvalue weighted by Crippen LogP contribution is -1.95. The van der Waals surface area contributed by atoms with E-state index in [0.717, 1.165) is 11.3 Å². The number of nitriles is 1. The highest BCUT2D eigenvalue weighted by Crippen LogP contribution is 2.15. The van der Waals surface area contributed by atoms with Crippen molar-refractivity contribution in [2.24, 2.45) is 0 Å². The van der Waals surface area contributed by atoms with Gasteiger partial charge < -0.3 is 9.14 Å². The molecular weight excluding hydrogens is 274 g/mol. The zero-order chi connectivity index (χ0) is 13.9. The van der Waals surface area contributed by atoms with Crippen LogP contribution >= 0.6 is 11.6 Å². The summed E-state index contributed by atoms with van der Waals surface area (Å²) in [6, 6.07) is 12.7. The molecule has 0 aliphatic carbocycles. The van der Waals surface area contributed by atoms with E-state index in [4.69, 9.17) is 21.6 Å². The van der Waals surface area contributed by atoms with Crippen LogP contribution in [-0.2, 0) is 6.61 Å². The molecule has 0 aliphatic heterocycles. The fourth-order valence-electron chi connectivity index (χ4n) is 1.87. The lowest BCUT2D eigenvalue weighted by molar-refractivity contribution is 0.302. The summed E-state index contributed by atoms with van der Waals surface area (Å²) in [5.74, 6) is 0.707. The van der Waals surface area contributed by atoms with Crippen molar-refractivity contribution in [1.82, 2.24) is 9.38 Å². The minimum atomic E-state index is 0.366. The predicted octanol–water partition coefficient (Wildman–Crippen LogP) is 3.44. The molecule has 0 aliphatic rings. The van der Waals surface area contributed by atoms with E-state index in [1.165, 1.54) is 0 Å². The summed E-state index contributed by atoms with van der Waals surface area (Å²) in [6.07, 6.45) is 3.68. The first-order valence-corrected chi connectivity index (χ1v) is 6.38. The fraction of sp³-hybridized carbons (Fsp3) is 0.0667. The molecule has 3 aromatic rings. The van der Waals surface area contributed by atoms with Crippen LogP contribution in [-0.4, -0.2) is 9.38 Å². The van der Waals surface area contributed by atoms with Crippen LogP contribution in [0.2, 0.25) is 5.02 Å². The number of nitrogens with zero attached hydrogens (tertiary/aromatic N) is 3. The van der Waals surface area contributed by atoms with Crippen molar-refractivity contribution in [3.05, 3.63) is 65.1 Å². The normalized spacial score (nSPS) is 10.4. The quantitative estimate of drug-likeness (QED) is 0.740. The lowest BCUT2D eigenvalue weighted by Gasteiger charge is -2.03. The van der Waals surface area contributed by atoms with Crippen LogP contribution in [0.3, 0.4) is 0 Å². The third-order valence-corrected chi connectivity index (χ3v) is 3.06. The van der Waals surface area contributed by atoms with Crippen molar-refractivity contribution in [2.75, 3.05) is 0 Å². The summed E-state index contributed by atoms with van der Waals surface area (Å²) in [5.41, 5.74) is 2.25. The summed E-state index contributed by atoms with van der Waals surface area (Å²) in [7, 11) is 0. The minimum absolute atomic E-state index is 0.366. The third kappa shape index (κ3) is 2.58. The molecule has 0 saturated carbocycles. The SMILES string of the molecule is N#Cc1ccc(OCc2cn3cc(Cl)ccc3n2)cc1. The Kier molecular flexibility index (Phi) is 3.28. The molecule has 0 bridgehead atoms. The van der Waals surface area contributed by atoms with Gasteiger partial charge in [-0.25, -0.2) is 4.98 Å². The highest BCUT2D eigenvalue weighted by Gasteiger charge is 2.03. The molecule has 0 radical (unpaired) electrons. The van der Waals surface area contributed by atoms with E-state index >= 15 is 0 Å². The Hall–Kier alpha value is -2.51. The van der Waals surface area contributed by atoms with Crippen molar-refractivity contribution >= 4 is 17.2 Å². The van der Waals surface area contributed by atoms with Crippen molar-refractivity contribution < 1.29 is 4.74 Å². The topological polar surface area (TPSA) is 50.3 Å². The molecule has 0 saturated heterocycles. The van der Waals surface area contributed by atoms with E-state index in [1.807, 2.05) is 16.7 Å². The van der Waals surface area contributed by atoms with Gasteiger partial charge in [-0.2, -0.15) is 5.26 Å². The average molecular weight is 284 g/mol. The van der Waals surface area contributed by atoms with Crippen LogP contribution in [0.1, 0.15) is 11.3 Å². The van der Waals surface area contributed by atoms with Gasteiger partial charge in [-0.3, -0.25) is 0 Å².